The minimum atomic E-state index is -0.436. The van der Waals surface area contributed by atoms with Gasteiger partial charge in [0.2, 0.25) is 4.96 Å². The molecule has 31 heavy (non-hydrogen) atoms. The maximum absolute atomic E-state index is 12.9. The fourth-order valence-corrected chi connectivity index (χ4v) is 4.27. The third-order valence-electron chi connectivity index (χ3n) is 4.69. The highest BCUT2D eigenvalue weighted by molar-refractivity contribution is 7.15. The summed E-state index contributed by atoms with van der Waals surface area (Å²) in [5, 5.41) is 4.28. The van der Waals surface area contributed by atoms with Gasteiger partial charge in [0, 0.05) is 13.3 Å². The second-order valence-corrected chi connectivity index (χ2v) is 8.22. The molecular formula is C23H19N3O4S. The second-order valence-electron chi connectivity index (χ2n) is 7.21. The van der Waals surface area contributed by atoms with Gasteiger partial charge in [-0.15, -0.1) is 0 Å². The summed E-state index contributed by atoms with van der Waals surface area (Å²) < 4.78 is 6.85. The van der Waals surface area contributed by atoms with Crippen LogP contribution < -0.4 is 20.4 Å². The van der Waals surface area contributed by atoms with Crippen LogP contribution in [-0.2, 0) is 11.2 Å². The summed E-state index contributed by atoms with van der Waals surface area (Å²) in [4.78, 5) is 40.9. The summed E-state index contributed by atoms with van der Waals surface area (Å²) >= 11 is 1.11. The van der Waals surface area contributed by atoms with Gasteiger partial charge in [0.1, 0.15) is 11.4 Å². The Hall–Kier alpha value is -3.65. The molecule has 2 aromatic carbocycles. The summed E-state index contributed by atoms with van der Waals surface area (Å²) in [6.45, 7) is 5.03. The summed E-state index contributed by atoms with van der Waals surface area (Å²) in [5.74, 6) is 0.130. The van der Waals surface area contributed by atoms with Gasteiger partial charge in [-0.05, 0) is 54.3 Å². The molecule has 0 bridgehead atoms. The third kappa shape index (κ3) is 4.29. The first-order valence-electron chi connectivity index (χ1n) is 9.60. The van der Waals surface area contributed by atoms with Crippen molar-refractivity contribution in [1.82, 2.24) is 14.6 Å². The monoisotopic (exact) mass is 433 g/mol. The first-order chi connectivity index (χ1) is 14.8. The van der Waals surface area contributed by atoms with Crippen LogP contribution in [0.15, 0.2) is 52.1 Å². The number of ether oxygens (including phenoxy) is 1. The first-order valence-corrected chi connectivity index (χ1v) is 10.4. The Bertz CT molecular complexity index is 1450. The molecule has 0 aliphatic rings. The van der Waals surface area contributed by atoms with Crippen molar-refractivity contribution < 1.29 is 9.53 Å². The number of aryl methyl sites for hydroxylation is 2. The molecule has 8 heteroatoms. The quantitative estimate of drug-likeness (QED) is 0.362. The van der Waals surface area contributed by atoms with Crippen molar-refractivity contribution in [2.45, 2.75) is 27.2 Å². The molecule has 0 spiro atoms. The maximum Gasteiger partial charge on any atom is 0.308 e. The average Bonchev–Trinajstić information content (AvgIpc) is 3.00. The van der Waals surface area contributed by atoms with Crippen LogP contribution >= 0.6 is 11.3 Å². The van der Waals surface area contributed by atoms with E-state index in [1.807, 2.05) is 56.3 Å². The number of fused-ring (bicyclic) bond motifs is 1. The Morgan fingerprint density at radius 1 is 1.13 bits per heavy atom. The largest absolute Gasteiger partial charge is 0.426 e. The van der Waals surface area contributed by atoms with E-state index in [9.17, 15) is 14.4 Å². The van der Waals surface area contributed by atoms with E-state index in [0.29, 0.717) is 16.7 Å². The number of nitrogens with zero attached hydrogens (tertiary/aromatic N) is 3. The molecular weight excluding hydrogens is 414 g/mol. The summed E-state index contributed by atoms with van der Waals surface area (Å²) in [7, 11) is 0. The Labute approximate surface area is 181 Å². The van der Waals surface area contributed by atoms with Gasteiger partial charge in [-0.3, -0.25) is 14.4 Å². The van der Waals surface area contributed by atoms with Gasteiger partial charge in [0.15, 0.2) is 0 Å². The van der Waals surface area contributed by atoms with E-state index in [-0.39, 0.29) is 22.2 Å². The van der Waals surface area contributed by atoms with Gasteiger partial charge in [0.05, 0.1) is 4.53 Å². The lowest BCUT2D eigenvalue weighted by Gasteiger charge is -2.10. The number of hydrogen-bond donors (Lipinski definition) is 0. The number of esters is 1. The fraction of sp³-hybridized carbons (Fsp3) is 0.174. The van der Waals surface area contributed by atoms with Crippen molar-refractivity contribution in [3.8, 4) is 5.75 Å². The minimum absolute atomic E-state index is 0.225. The van der Waals surface area contributed by atoms with Gasteiger partial charge in [-0.25, -0.2) is 0 Å². The van der Waals surface area contributed by atoms with E-state index in [1.165, 1.54) is 11.4 Å². The zero-order chi connectivity index (χ0) is 22.1. The standard InChI is InChI=1S/C23H19N3O4S/c1-13-9-17(10-14(2)20(13)30-15(3)27)12-19-22(29)26-23(31-19)24-21(28)18(25-26)11-16-7-5-4-6-8-16/h4-10,12H,11H2,1-3H3/b19-12-. The van der Waals surface area contributed by atoms with Crippen LogP contribution in [0.4, 0.5) is 0 Å². The van der Waals surface area contributed by atoms with Crippen LogP contribution in [0.3, 0.4) is 0 Å². The minimum Gasteiger partial charge on any atom is -0.426 e. The number of hydrogen-bond acceptors (Lipinski definition) is 7. The highest BCUT2D eigenvalue weighted by atomic mass is 32.1. The molecule has 156 valence electrons. The number of carbonyl (C=O) groups excluding carboxylic acids is 1. The molecule has 4 rings (SSSR count). The molecule has 0 saturated carbocycles. The van der Waals surface area contributed by atoms with Gasteiger partial charge in [0.25, 0.3) is 11.1 Å². The Morgan fingerprint density at radius 2 is 1.81 bits per heavy atom. The van der Waals surface area contributed by atoms with Gasteiger partial charge in [-0.1, -0.05) is 41.7 Å². The lowest BCUT2D eigenvalue weighted by Crippen LogP contribution is -2.28. The van der Waals surface area contributed by atoms with Crippen molar-refractivity contribution in [1.29, 1.82) is 0 Å². The number of thiazole rings is 1. The zero-order valence-electron chi connectivity index (χ0n) is 17.2. The van der Waals surface area contributed by atoms with E-state index in [2.05, 4.69) is 10.1 Å². The van der Waals surface area contributed by atoms with Crippen molar-refractivity contribution >= 4 is 28.3 Å². The number of benzene rings is 2. The molecule has 0 fully saturated rings. The van der Waals surface area contributed by atoms with E-state index >= 15 is 0 Å². The van der Waals surface area contributed by atoms with Crippen LogP contribution in [0, 0.1) is 13.8 Å². The zero-order valence-corrected chi connectivity index (χ0v) is 18.0. The van der Waals surface area contributed by atoms with E-state index in [4.69, 9.17) is 4.74 Å². The number of aromatic nitrogens is 3. The highest BCUT2D eigenvalue weighted by Gasteiger charge is 2.13. The van der Waals surface area contributed by atoms with Crippen LogP contribution in [0.2, 0.25) is 0 Å². The van der Waals surface area contributed by atoms with Crippen molar-refractivity contribution in [2.24, 2.45) is 0 Å². The van der Waals surface area contributed by atoms with Crippen molar-refractivity contribution in [3.63, 3.8) is 0 Å². The first kappa shape index (κ1) is 20.6. The number of carbonyl (C=O) groups is 1. The summed E-state index contributed by atoms with van der Waals surface area (Å²) in [6.07, 6.45) is 2.03. The summed E-state index contributed by atoms with van der Waals surface area (Å²) in [5.41, 5.74) is 2.72. The molecule has 7 nitrogen and oxygen atoms in total. The topological polar surface area (TPSA) is 90.6 Å². The molecule has 0 unspecified atom stereocenters. The van der Waals surface area contributed by atoms with Gasteiger partial charge < -0.3 is 4.74 Å². The average molecular weight is 433 g/mol. The Morgan fingerprint density at radius 3 is 2.45 bits per heavy atom. The molecule has 0 saturated heterocycles. The normalized spacial score (nSPS) is 11.8. The van der Waals surface area contributed by atoms with E-state index in [0.717, 1.165) is 33.6 Å². The second kappa shape index (κ2) is 8.23. The van der Waals surface area contributed by atoms with Gasteiger partial charge >= 0.3 is 5.97 Å². The van der Waals surface area contributed by atoms with Crippen molar-refractivity contribution in [3.05, 3.63) is 95.7 Å². The van der Waals surface area contributed by atoms with Crippen LogP contribution in [0.25, 0.3) is 11.0 Å². The van der Waals surface area contributed by atoms with E-state index < -0.39 is 5.56 Å². The molecule has 0 atom stereocenters. The molecule has 2 heterocycles. The third-order valence-corrected chi connectivity index (χ3v) is 5.65. The van der Waals surface area contributed by atoms with Gasteiger partial charge in [-0.2, -0.15) is 14.6 Å². The Balaban J connectivity index is 1.78. The molecule has 2 aromatic heterocycles. The predicted octanol–water partition coefficient (Wildman–Crippen LogP) is 2.19. The molecule has 0 aliphatic carbocycles. The highest BCUT2D eigenvalue weighted by Crippen LogP contribution is 2.25. The van der Waals surface area contributed by atoms with Crippen LogP contribution in [-0.4, -0.2) is 20.6 Å². The molecule has 0 N–H and O–H groups in total. The molecule has 0 amide bonds. The predicted molar refractivity (Wildman–Crippen MR) is 119 cm³/mol. The molecule has 0 radical (unpaired) electrons. The smallest absolute Gasteiger partial charge is 0.308 e. The SMILES string of the molecule is CC(=O)Oc1c(C)cc(/C=c2\sc3nc(=O)c(Cc4ccccc4)nn3c2=O)cc1C. The Kier molecular flexibility index (Phi) is 5.48. The molecule has 4 aromatic rings. The van der Waals surface area contributed by atoms with E-state index in [1.54, 1.807) is 6.08 Å². The van der Waals surface area contributed by atoms with Crippen molar-refractivity contribution in [2.75, 3.05) is 0 Å². The van der Waals surface area contributed by atoms with Crippen LogP contribution in [0.1, 0.15) is 34.9 Å². The lowest BCUT2D eigenvalue weighted by atomic mass is 10.1. The summed E-state index contributed by atoms with van der Waals surface area (Å²) in [6, 6.07) is 13.1. The lowest BCUT2D eigenvalue weighted by molar-refractivity contribution is -0.131. The number of rotatable bonds is 4. The van der Waals surface area contributed by atoms with Crippen LogP contribution in [0.5, 0.6) is 5.75 Å². The fourth-order valence-electron chi connectivity index (χ4n) is 3.36. The molecule has 0 aliphatic heterocycles. The maximum atomic E-state index is 12.9.